The molecule has 2 N–H and O–H groups in total. The van der Waals surface area contributed by atoms with Crippen molar-refractivity contribution in [1.82, 2.24) is 15.5 Å². The molecule has 0 radical (unpaired) electrons. The molecule has 1 aliphatic carbocycles. The number of nitrogens with one attached hydrogen (secondary N) is 2. The summed E-state index contributed by atoms with van der Waals surface area (Å²) in [6, 6.07) is 14.3. The van der Waals surface area contributed by atoms with Gasteiger partial charge < -0.3 is 20.3 Å². The lowest BCUT2D eigenvalue weighted by Gasteiger charge is -2.42. The molecule has 4 rings (SSSR count). The Morgan fingerprint density at radius 3 is 2.36 bits per heavy atom. The van der Waals surface area contributed by atoms with Crippen LogP contribution >= 0.6 is 0 Å². The molecular formula is C30H39N3O3. The van der Waals surface area contributed by atoms with E-state index in [2.05, 4.69) is 34.2 Å². The Morgan fingerprint density at radius 1 is 1.06 bits per heavy atom. The van der Waals surface area contributed by atoms with Crippen LogP contribution in [0.1, 0.15) is 65.6 Å². The van der Waals surface area contributed by atoms with Crippen LogP contribution in [-0.2, 0) is 11.2 Å². The van der Waals surface area contributed by atoms with Gasteiger partial charge in [0.05, 0.1) is 12.5 Å². The highest BCUT2D eigenvalue weighted by molar-refractivity contribution is 5.97. The third-order valence-electron chi connectivity index (χ3n) is 7.90. The summed E-state index contributed by atoms with van der Waals surface area (Å²) in [5, 5.41) is 6.35. The zero-order valence-corrected chi connectivity index (χ0v) is 21.9. The van der Waals surface area contributed by atoms with Gasteiger partial charge in [-0.2, -0.15) is 0 Å². The third kappa shape index (κ3) is 5.75. The van der Waals surface area contributed by atoms with Crippen molar-refractivity contribution in [1.29, 1.82) is 0 Å². The van der Waals surface area contributed by atoms with E-state index in [1.54, 1.807) is 13.2 Å². The SMILES string of the molecule is C=C(NC(=O)c1cc(OC)c(C)cc1C)N1CCC(Cc2ccccc2)(C(=O)NC2CCCC2)CC1. The molecule has 0 atom stereocenters. The number of likely N-dealkylation sites (tertiary alicyclic amines) is 1. The summed E-state index contributed by atoms with van der Waals surface area (Å²) in [5.41, 5.74) is 3.19. The highest BCUT2D eigenvalue weighted by Crippen LogP contribution is 2.37. The summed E-state index contributed by atoms with van der Waals surface area (Å²) in [6.45, 7) is 9.37. The first kappa shape index (κ1) is 25.8. The Morgan fingerprint density at radius 2 is 1.72 bits per heavy atom. The molecule has 0 spiro atoms. The molecular weight excluding hydrogens is 450 g/mol. The standard InChI is InChI=1S/C30H39N3O3/c1-21-18-22(2)27(36-4)19-26(21)28(34)31-23(3)33-16-14-30(15-17-33,20-24-10-6-5-7-11-24)29(35)32-25-12-8-9-13-25/h5-7,10-11,18-19,25H,3,8-9,12-17,20H2,1-2,4H3,(H,31,34)(H,32,35). The largest absolute Gasteiger partial charge is 0.496 e. The first-order valence-electron chi connectivity index (χ1n) is 13.1. The monoisotopic (exact) mass is 489 g/mol. The molecule has 6 nitrogen and oxygen atoms in total. The Kier molecular flexibility index (Phi) is 8.02. The lowest BCUT2D eigenvalue weighted by Crippen LogP contribution is -2.52. The molecule has 1 aliphatic heterocycles. The summed E-state index contributed by atoms with van der Waals surface area (Å²) >= 11 is 0. The minimum Gasteiger partial charge on any atom is -0.496 e. The lowest BCUT2D eigenvalue weighted by molar-refractivity contribution is -0.134. The molecule has 2 aromatic rings. The number of carbonyl (C=O) groups is 2. The molecule has 1 saturated carbocycles. The summed E-state index contributed by atoms with van der Waals surface area (Å²) in [6.07, 6.45) is 6.68. The van der Waals surface area contributed by atoms with Gasteiger partial charge in [-0.25, -0.2) is 0 Å². The summed E-state index contributed by atoms with van der Waals surface area (Å²) in [4.78, 5) is 28.7. The number of methoxy groups -OCH3 is 1. The van der Waals surface area contributed by atoms with Crippen LogP contribution in [-0.4, -0.2) is 43.0 Å². The van der Waals surface area contributed by atoms with Crippen molar-refractivity contribution >= 4 is 11.8 Å². The molecule has 2 fully saturated rings. The summed E-state index contributed by atoms with van der Waals surface area (Å²) < 4.78 is 5.40. The number of carbonyl (C=O) groups excluding carboxylic acids is 2. The second kappa shape index (κ2) is 11.2. The molecule has 2 aromatic carbocycles. The predicted molar refractivity (Wildman–Crippen MR) is 143 cm³/mol. The lowest BCUT2D eigenvalue weighted by atomic mass is 9.72. The minimum atomic E-state index is -0.453. The maximum Gasteiger partial charge on any atom is 0.257 e. The molecule has 0 bridgehead atoms. The molecule has 1 heterocycles. The van der Waals surface area contributed by atoms with Crippen LogP contribution in [0.25, 0.3) is 0 Å². The third-order valence-corrected chi connectivity index (χ3v) is 7.90. The van der Waals surface area contributed by atoms with E-state index in [0.717, 1.165) is 30.4 Å². The molecule has 192 valence electrons. The van der Waals surface area contributed by atoms with Crippen molar-refractivity contribution in [3.8, 4) is 5.75 Å². The molecule has 2 aliphatic rings. The van der Waals surface area contributed by atoms with Gasteiger partial charge >= 0.3 is 0 Å². The van der Waals surface area contributed by atoms with E-state index in [4.69, 9.17) is 4.74 Å². The van der Waals surface area contributed by atoms with Crippen molar-refractivity contribution in [2.75, 3.05) is 20.2 Å². The van der Waals surface area contributed by atoms with Crippen molar-refractivity contribution in [2.45, 2.75) is 64.8 Å². The summed E-state index contributed by atoms with van der Waals surface area (Å²) in [5.74, 6) is 1.24. The fourth-order valence-corrected chi connectivity index (χ4v) is 5.66. The number of piperidine rings is 1. The van der Waals surface area contributed by atoms with Gasteiger partial charge in [0.15, 0.2) is 0 Å². The zero-order valence-electron chi connectivity index (χ0n) is 21.9. The Bertz CT molecular complexity index is 1100. The fourth-order valence-electron chi connectivity index (χ4n) is 5.66. The fraction of sp³-hybridized carbons (Fsp3) is 0.467. The number of rotatable bonds is 8. The van der Waals surface area contributed by atoms with Gasteiger partial charge in [0.2, 0.25) is 5.91 Å². The van der Waals surface area contributed by atoms with Crippen LogP contribution in [0.15, 0.2) is 54.9 Å². The van der Waals surface area contributed by atoms with E-state index in [1.165, 1.54) is 18.4 Å². The minimum absolute atomic E-state index is 0.176. The van der Waals surface area contributed by atoms with Crippen LogP contribution in [0.4, 0.5) is 0 Å². The summed E-state index contributed by atoms with van der Waals surface area (Å²) in [7, 11) is 1.61. The first-order chi connectivity index (χ1) is 17.3. The van der Waals surface area contributed by atoms with E-state index >= 15 is 0 Å². The Labute approximate surface area is 215 Å². The van der Waals surface area contributed by atoms with E-state index in [0.29, 0.717) is 49.1 Å². The maximum absolute atomic E-state index is 13.6. The molecule has 1 saturated heterocycles. The van der Waals surface area contributed by atoms with Gasteiger partial charge in [-0.1, -0.05) is 55.8 Å². The number of amides is 2. The highest BCUT2D eigenvalue weighted by atomic mass is 16.5. The van der Waals surface area contributed by atoms with Gasteiger partial charge in [0.25, 0.3) is 5.91 Å². The quantitative estimate of drug-likeness (QED) is 0.554. The van der Waals surface area contributed by atoms with Crippen LogP contribution in [0.3, 0.4) is 0 Å². The average molecular weight is 490 g/mol. The van der Waals surface area contributed by atoms with Crippen molar-refractivity contribution in [2.24, 2.45) is 5.41 Å². The van der Waals surface area contributed by atoms with E-state index < -0.39 is 5.41 Å². The molecule has 6 heteroatoms. The van der Waals surface area contributed by atoms with Gasteiger partial charge in [0.1, 0.15) is 11.6 Å². The van der Waals surface area contributed by atoms with Gasteiger partial charge in [-0.05, 0) is 68.7 Å². The maximum atomic E-state index is 13.6. The van der Waals surface area contributed by atoms with Crippen LogP contribution in [0.5, 0.6) is 5.75 Å². The van der Waals surface area contributed by atoms with E-state index in [-0.39, 0.29) is 11.8 Å². The zero-order chi connectivity index (χ0) is 25.7. The van der Waals surface area contributed by atoms with Crippen molar-refractivity contribution < 1.29 is 14.3 Å². The molecule has 2 amide bonds. The predicted octanol–water partition coefficient (Wildman–Crippen LogP) is 4.90. The second-order valence-corrected chi connectivity index (χ2v) is 10.4. The molecule has 36 heavy (non-hydrogen) atoms. The highest BCUT2D eigenvalue weighted by Gasteiger charge is 2.42. The number of nitrogens with zero attached hydrogens (tertiary/aromatic N) is 1. The van der Waals surface area contributed by atoms with Gasteiger partial charge in [-0.15, -0.1) is 0 Å². The molecule has 0 unspecified atom stereocenters. The van der Waals surface area contributed by atoms with E-state index in [9.17, 15) is 9.59 Å². The number of aryl methyl sites for hydroxylation is 2. The van der Waals surface area contributed by atoms with Crippen LogP contribution < -0.4 is 15.4 Å². The molecule has 0 aromatic heterocycles. The second-order valence-electron chi connectivity index (χ2n) is 10.4. The topological polar surface area (TPSA) is 70.7 Å². The number of benzene rings is 2. The van der Waals surface area contributed by atoms with Crippen molar-refractivity contribution in [3.63, 3.8) is 0 Å². The van der Waals surface area contributed by atoms with Crippen LogP contribution in [0, 0.1) is 19.3 Å². The van der Waals surface area contributed by atoms with E-state index in [1.807, 2.05) is 38.1 Å². The first-order valence-corrected chi connectivity index (χ1v) is 13.1. The number of hydrogen-bond acceptors (Lipinski definition) is 4. The Hall–Kier alpha value is -3.28. The van der Waals surface area contributed by atoms with Crippen molar-refractivity contribution in [3.05, 3.63) is 77.1 Å². The average Bonchev–Trinajstić information content (AvgIpc) is 3.38. The number of ether oxygens (including phenoxy) is 1. The smallest absolute Gasteiger partial charge is 0.257 e. The van der Waals surface area contributed by atoms with Crippen LogP contribution in [0.2, 0.25) is 0 Å². The Balaban J connectivity index is 1.43. The normalized spacial score (nSPS) is 17.5. The number of hydrogen-bond donors (Lipinski definition) is 2. The van der Waals surface area contributed by atoms with Gasteiger partial charge in [-0.3, -0.25) is 9.59 Å². The van der Waals surface area contributed by atoms with Gasteiger partial charge in [0, 0.05) is 24.7 Å².